The Morgan fingerprint density at radius 1 is 1.00 bits per heavy atom. The van der Waals surface area contributed by atoms with E-state index in [1.807, 2.05) is 0 Å². The molecule has 9 heteroatoms. The van der Waals surface area contributed by atoms with Gasteiger partial charge in [0.25, 0.3) is 0 Å². The van der Waals surface area contributed by atoms with Gasteiger partial charge in [0.1, 0.15) is 12.3 Å². The minimum atomic E-state index is -4.85. The predicted molar refractivity (Wildman–Crippen MR) is 87.8 cm³/mol. The molecule has 0 saturated heterocycles. The van der Waals surface area contributed by atoms with Crippen molar-refractivity contribution in [1.82, 2.24) is 0 Å². The highest BCUT2D eigenvalue weighted by molar-refractivity contribution is 5.62. The van der Waals surface area contributed by atoms with Gasteiger partial charge in [-0.2, -0.15) is 26.3 Å². The number of anilines is 1. The van der Waals surface area contributed by atoms with Crippen LogP contribution in [0, 0.1) is 6.57 Å². The van der Waals surface area contributed by atoms with Crippen LogP contribution in [0.25, 0.3) is 4.85 Å². The van der Waals surface area contributed by atoms with Crippen molar-refractivity contribution in [2.24, 2.45) is 0 Å². The summed E-state index contributed by atoms with van der Waals surface area (Å²) in [5.41, 5.74) is -1.75. The maximum atomic E-state index is 13.1. The standard InChI is InChI=1S/C18H14F6N2O/c1-25-16-8-5-13(9-15(16)18(22,23)24)26(11-17(19,20)21)10-12-3-6-14(27-2)7-4-12/h3-9H,10-11H2,2H3. The van der Waals surface area contributed by atoms with Gasteiger partial charge in [-0.3, -0.25) is 0 Å². The van der Waals surface area contributed by atoms with E-state index in [0.717, 1.165) is 17.0 Å². The van der Waals surface area contributed by atoms with Crippen molar-refractivity contribution in [1.29, 1.82) is 0 Å². The molecule has 0 unspecified atom stereocenters. The lowest BCUT2D eigenvalue weighted by Gasteiger charge is -2.27. The Hall–Kier alpha value is -2.89. The van der Waals surface area contributed by atoms with Crippen LogP contribution in [-0.2, 0) is 12.7 Å². The van der Waals surface area contributed by atoms with Crippen molar-refractivity contribution < 1.29 is 31.1 Å². The fourth-order valence-corrected chi connectivity index (χ4v) is 2.45. The molecule has 0 bridgehead atoms. The Balaban J connectivity index is 2.43. The maximum Gasteiger partial charge on any atom is 0.407 e. The molecule has 0 heterocycles. The molecule has 0 saturated carbocycles. The van der Waals surface area contributed by atoms with Crippen molar-refractivity contribution in [3.63, 3.8) is 0 Å². The topological polar surface area (TPSA) is 16.8 Å². The summed E-state index contributed by atoms with van der Waals surface area (Å²) in [4.78, 5) is 3.57. The first-order valence-electron chi connectivity index (χ1n) is 7.57. The van der Waals surface area contributed by atoms with Gasteiger partial charge in [0.15, 0.2) is 5.69 Å². The third kappa shape index (κ3) is 5.54. The number of alkyl halides is 6. The first-order valence-corrected chi connectivity index (χ1v) is 7.57. The van der Waals surface area contributed by atoms with Gasteiger partial charge < -0.3 is 9.64 Å². The molecule has 27 heavy (non-hydrogen) atoms. The van der Waals surface area contributed by atoms with Crippen molar-refractivity contribution >= 4 is 11.4 Å². The van der Waals surface area contributed by atoms with Gasteiger partial charge in [-0.05, 0) is 29.8 Å². The molecule has 0 fully saturated rings. The summed E-state index contributed by atoms with van der Waals surface area (Å²) in [6.07, 6.45) is -9.47. The van der Waals surface area contributed by atoms with Gasteiger partial charge in [-0.1, -0.05) is 18.2 Å². The molecule has 0 amide bonds. The van der Waals surface area contributed by atoms with Crippen LogP contribution in [0.2, 0.25) is 0 Å². The second-order valence-electron chi connectivity index (χ2n) is 5.63. The lowest BCUT2D eigenvalue weighted by atomic mass is 10.1. The first-order chi connectivity index (χ1) is 12.5. The molecule has 2 aromatic carbocycles. The van der Waals surface area contributed by atoms with Crippen LogP contribution in [-0.4, -0.2) is 19.8 Å². The third-order valence-corrected chi connectivity index (χ3v) is 3.67. The number of hydrogen-bond donors (Lipinski definition) is 0. The number of ether oxygens (including phenoxy) is 1. The van der Waals surface area contributed by atoms with Gasteiger partial charge in [-0.15, -0.1) is 0 Å². The largest absolute Gasteiger partial charge is 0.497 e. The highest BCUT2D eigenvalue weighted by Crippen LogP contribution is 2.39. The summed E-state index contributed by atoms with van der Waals surface area (Å²) in [6, 6.07) is 8.68. The minimum absolute atomic E-state index is 0.266. The monoisotopic (exact) mass is 388 g/mol. The van der Waals surface area contributed by atoms with Crippen molar-refractivity contribution in [2.45, 2.75) is 18.9 Å². The Labute approximate surface area is 151 Å². The van der Waals surface area contributed by atoms with Crippen LogP contribution in [0.1, 0.15) is 11.1 Å². The number of halogens is 6. The highest BCUT2D eigenvalue weighted by Gasteiger charge is 2.35. The zero-order valence-electron chi connectivity index (χ0n) is 14.0. The third-order valence-electron chi connectivity index (χ3n) is 3.67. The molecule has 0 aliphatic rings. The van der Waals surface area contributed by atoms with Crippen LogP contribution in [0.3, 0.4) is 0 Å². The SMILES string of the molecule is [C-]#[N+]c1ccc(N(Cc2ccc(OC)cc2)CC(F)(F)F)cc1C(F)(F)F. The summed E-state index contributed by atoms with van der Waals surface area (Å²) in [5, 5.41) is 0. The van der Waals surface area contributed by atoms with Crippen LogP contribution in [0.4, 0.5) is 37.7 Å². The van der Waals surface area contributed by atoms with Gasteiger partial charge in [0.05, 0.1) is 19.2 Å². The van der Waals surface area contributed by atoms with E-state index in [4.69, 9.17) is 11.3 Å². The van der Waals surface area contributed by atoms with E-state index in [-0.39, 0.29) is 12.2 Å². The van der Waals surface area contributed by atoms with E-state index >= 15 is 0 Å². The zero-order valence-corrected chi connectivity index (χ0v) is 14.0. The summed E-state index contributed by atoms with van der Waals surface area (Å²) in [6.45, 7) is 5.12. The molecule has 0 N–H and O–H groups in total. The van der Waals surface area contributed by atoms with E-state index in [1.54, 1.807) is 12.1 Å². The van der Waals surface area contributed by atoms with E-state index in [1.165, 1.54) is 19.2 Å². The van der Waals surface area contributed by atoms with Gasteiger partial charge >= 0.3 is 12.4 Å². The Kier molecular flexibility index (Phi) is 5.88. The van der Waals surface area contributed by atoms with Crippen molar-refractivity contribution in [2.75, 3.05) is 18.6 Å². The summed E-state index contributed by atoms with van der Waals surface area (Å²) < 4.78 is 83.2. The Bertz CT molecular complexity index is 822. The summed E-state index contributed by atoms with van der Waals surface area (Å²) in [7, 11) is 1.43. The van der Waals surface area contributed by atoms with Gasteiger partial charge in [-0.25, -0.2) is 4.85 Å². The van der Waals surface area contributed by atoms with E-state index < -0.39 is 30.1 Å². The summed E-state index contributed by atoms with van der Waals surface area (Å²) >= 11 is 0. The van der Waals surface area contributed by atoms with E-state index in [0.29, 0.717) is 17.4 Å². The number of methoxy groups -OCH3 is 1. The molecule has 0 aliphatic heterocycles. The number of nitrogens with zero attached hydrogens (tertiary/aromatic N) is 2. The second kappa shape index (κ2) is 7.78. The van der Waals surface area contributed by atoms with Crippen LogP contribution >= 0.6 is 0 Å². The molecule has 0 radical (unpaired) electrons. The predicted octanol–water partition coefficient (Wildman–Crippen LogP) is 5.83. The normalized spacial score (nSPS) is 11.8. The van der Waals surface area contributed by atoms with Gasteiger partial charge in [0.2, 0.25) is 0 Å². The maximum absolute atomic E-state index is 13.1. The number of hydrogen-bond acceptors (Lipinski definition) is 2. The van der Waals surface area contributed by atoms with Crippen molar-refractivity contribution in [3.05, 3.63) is 65.0 Å². The fraction of sp³-hybridized carbons (Fsp3) is 0.278. The molecule has 3 nitrogen and oxygen atoms in total. The van der Waals surface area contributed by atoms with Crippen LogP contribution < -0.4 is 9.64 Å². The number of rotatable bonds is 5. The molecular weight excluding hydrogens is 374 g/mol. The second-order valence-corrected chi connectivity index (χ2v) is 5.63. The average Bonchev–Trinajstić information content (AvgIpc) is 2.59. The van der Waals surface area contributed by atoms with Crippen LogP contribution in [0.15, 0.2) is 42.5 Å². The lowest BCUT2D eigenvalue weighted by Crippen LogP contribution is -2.34. The zero-order chi connectivity index (χ0) is 20.2. The molecule has 0 spiro atoms. The Morgan fingerprint density at radius 3 is 2.11 bits per heavy atom. The summed E-state index contributed by atoms with van der Waals surface area (Å²) in [5.74, 6) is 0.502. The molecule has 2 rings (SSSR count). The van der Waals surface area contributed by atoms with Crippen molar-refractivity contribution in [3.8, 4) is 5.75 Å². The molecular formula is C18H14F6N2O. The first kappa shape index (κ1) is 20.4. The minimum Gasteiger partial charge on any atom is -0.497 e. The highest BCUT2D eigenvalue weighted by atomic mass is 19.4. The van der Waals surface area contributed by atoms with E-state index in [9.17, 15) is 26.3 Å². The molecule has 0 aliphatic carbocycles. The average molecular weight is 388 g/mol. The fourth-order valence-electron chi connectivity index (χ4n) is 2.45. The molecule has 0 atom stereocenters. The van der Waals surface area contributed by atoms with Gasteiger partial charge in [0, 0.05) is 12.2 Å². The molecule has 144 valence electrons. The molecule has 2 aromatic rings. The number of benzene rings is 2. The Morgan fingerprint density at radius 2 is 1.63 bits per heavy atom. The van der Waals surface area contributed by atoms with E-state index in [2.05, 4.69) is 4.85 Å². The van der Waals surface area contributed by atoms with Crippen LogP contribution in [0.5, 0.6) is 5.75 Å². The quantitative estimate of drug-likeness (QED) is 0.473. The lowest BCUT2D eigenvalue weighted by molar-refractivity contribution is -0.136. The smallest absolute Gasteiger partial charge is 0.407 e. The molecule has 0 aromatic heterocycles.